The van der Waals surface area contributed by atoms with Gasteiger partial charge in [0.15, 0.2) is 0 Å². The summed E-state index contributed by atoms with van der Waals surface area (Å²) in [5.74, 6) is 3.50. The first kappa shape index (κ1) is 15.1. The quantitative estimate of drug-likeness (QED) is 0.641. The Hall–Kier alpha value is -0.160. The highest BCUT2D eigenvalue weighted by atomic mass is 15.7. The molecule has 2 saturated carbocycles. The van der Waals surface area contributed by atoms with E-state index in [1.807, 2.05) is 0 Å². The number of fused-ring (bicyclic) bond motifs is 6. The molecule has 5 aliphatic rings. The maximum absolute atomic E-state index is 4.24. The van der Waals surface area contributed by atoms with Crippen LogP contribution in [0.15, 0.2) is 0 Å². The maximum Gasteiger partial charge on any atom is 0.105 e. The van der Waals surface area contributed by atoms with Crippen LogP contribution in [0.2, 0.25) is 0 Å². The summed E-state index contributed by atoms with van der Waals surface area (Å²) in [6.45, 7) is 8.36. The van der Waals surface area contributed by atoms with E-state index < -0.39 is 0 Å². The van der Waals surface area contributed by atoms with Crippen molar-refractivity contribution in [2.24, 2.45) is 23.7 Å². The molecule has 3 aliphatic heterocycles. The molecule has 23 heavy (non-hydrogen) atoms. The molecule has 4 heteroatoms. The molecule has 2 aliphatic carbocycles. The van der Waals surface area contributed by atoms with Gasteiger partial charge in [0.2, 0.25) is 0 Å². The van der Waals surface area contributed by atoms with E-state index in [-0.39, 0.29) is 11.3 Å². The van der Waals surface area contributed by atoms with Gasteiger partial charge in [-0.3, -0.25) is 5.32 Å². The van der Waals surface area contributed by atoms with Crippen molar-refractivity contribution in [2.45, 2.75) is 89.1 Å². The van der Waals surface area contributed by atoms with Gasteiger partial charge in [0.1, 0.15) is 5.66 Å². The van der Waals surface area contributed by atoms with Crippen molar-refractivity contribution in [1.82, 2.24) is 21.1 Å². The number of hydrogen-bond acceptors (Lipinski definition) is 4. The summed E-state index contributed by atoms with van der Waals surface area (Å²) in [7, 11) is 0. The monoisotopic (exact) mass is 318 g/mol. The smallest absolute Gasteiger partial charge is 0.105 e. The summed E-state index contributed by atoms with van der Waals surface area (Å²) >= 11 is 0. The standard InChI is InChI=1S/C19H34N4/c1-12-11-20-13(2)19-17-7-5-4-6-16(17)14-8-9-15(10-14)18(3,21-19)22-23(12)19/h12-17,20-22H,4-11H2,1-3H3. The van der Waals surface area contributed by atoms with Crippen molar-refractivity contribution < 1.29 is 0 Å². The summed E-state index contributed by atoms with van der Waals surface area (Å²) in [4.78, 5) is 0. The predicted octanol–water partition coefficient (Wildman–Crippen LogP) is 2.43. The molecule has 130 valence electrons. The van der Waals surface area contributed by atoms with E-state index >= 15 is 0 Å². The van der Waals surface area contributed by atoms with Gasteiger partial charge in [-0.25, -0.2) is 10.4 Å². The molecule has 0 radical (unpaired) electrons. The molecular weight excluding hydrogens is 284 g/mol. The third-order valence-electron chi connectivity index (χ3n) is 8.31. The molecule has 3 N–H and O–H groups in total. The summed E-state index contributed by atoms with van der Waals surface area (Å²) in [5.41, 5.74) is 4.22. The summed E-state index contributed by atoms with van der Waals surface area (Å²) < 4.78 is 0. The van der Waals surface area contributed by atoms with Crippen LogP contribution in [0.3, 0.4) is 0 Å². The van der Waals surface area contributed by atoms with Crippen molar-refractivity contribution >= 4 is 0 Å². The van der Waals surface area contributed by atoms with Gasteiger partial charge in [0.05, 0.1) is 5.66 Å². The minimum Gasteiger partial charge on any atom is -0.309 e. The van der Waals surface area contributed by atoms with Gasteiger partial charge in [-0.15, -0.1) is 0 Å². The molecule has 3 saturated heterocycles. The van der Waals surface area contributed by atoms with Gasteiger partial charge < -0.3 is 5.32 Å². The molecule has 1 spiro atoms. The van der Waals surface area contributed by atoms with Gasteiger partial charge in [0.25, 0.3) is 0 Å². The van der Waals surface area contributed by atoms with Gasteiger partial charge in [-0.05, 0) is 76.5 Å². The van der Waals surface area contributed by atoms with Crippen LogP contribution in [-0.2, 0) is 0 Å². The molecule has 0 aromatic carbocycles. The van der Waals surface area contributed by atoms with Gasteiger partial charge in [-0.2, -0.15) is 0 Å². The first-order chi connectivity index (χ1) is 11.0. The molecule has 0 aromatic rings. The molecule has 8 unspecified atom stereocenters. The highest BCUT2D eigenvalue weighted by molar-refractivity contribution is 5.18. The molecule has 4 nitrogen and oxygen atoms in total. The number of nitrogens with one attached hydrogen (secondary N) is 3. The van der Waals surface area contributed by atoms with Gasteiger partial charge >= 0.3 is 0 Å². The van der Waals surface area contributed by atoms with Crippen LogP contribution in [0.5, 0.6) is 0 Å². The lowest BCUT2D eigenvalue weighted by atomic mass is 9.63. The van der Waals surface area contributed by atoms with Crippen LogP contribution in [0.4, 0.5) is 0 Å². The van der Waals surface area contributed by atoms with E-state index in [9.17, 15) is 0 Å². The SMILES string of the molecule is CC1CNC(C)C23NC(C)(NN12)C1CCC(C1)C1CCCCC13. The Labute approximate surface area is 141 Å². The molecule has 8 atom stereocenters. The van der Waals surface area contributed by atoms with E-state index in [1.165, 1.54) is 44.9 Å². The van der Waals surface area contributed by atoms with E-state index in [2.05, 4.69) is 41.8 Å². The van der Waals surface area contributed by atoms with Crippen LogP contribution >= 0.6 is 0 Å². The zero-order valence-corrected chi connectivity index (χ0v) is 15.1. The van der Waals surface area contributed by atoms with Crippen molar-refractivity contribution in [1.29, 1.82) is 0 Å². The zero-order chi connectivity index (χ0) is 15.8. The summed E-state index contributed by atoms with van der Waals surface area (Å²) in [6.07, 6.45) is 10.1. The largest absolute Gasteiger partial charge is 0.309 e. The first-order valence-electron chi connectivity index (χ1n) is 10.1. The Morgan fingerprint density at radius 3 is 2.74 bits per heavy atom. The fourth-order valence-corrected chi connectivity index (χ4v) is 7.22. The van der Waals surface area contributed by atoms with Crippen LogP contribution in [0.1, 0.15) is 65.7 Å². The number of rotatable bonds is 0. The molecule has 5 rings (SSSR count). The third-order valence-corrected chi connectivity index (χ3v) is 8.31. The Morgan fingerprint density at radius 1 is 1.04 bits per heavy atom. The van der Waals surface area contributed by atoms with Crippen molar-refractivity contribution in [3.8, 4) is 0 Å². The maximum atomic E-state index is 4.24. The van der Waals surface area contributed by atoms with Crippen molar-refractivity contribution in [2.75, 3.05) is 6.54 Å². The minimum absolute atomic E-state index is 0.0890. The van der Waals surface area contributed by atoms with E-state index in [4.69, 9.17) is 0 Å². The lowest BCUT2D eigenvalue weighted by Crippen LogP contribution is -2.76. The van der Waals surface area contributed by atoms with E-state index in [0.29, 0.717) is 12.1 Å². The normalized spacial score (nSPS) is 59.1. The fraction of sp³-hybridized carbons (Fsp3) is 1.00. The zero-order valence-electron chi connectivity index (χ0n) is 15.1. The van der Waals surface area contributed by atoms with Crippen LogP contribution in [0, 0.1) is 23.7 Å². The lowest BCUT2D eigenvalue weighted by molar-refractivity contribution is -0.0937. The number of hydrogen-bond donors (Lipinski definition) is 3. The second kappa shape index (κ2) is 4.94. The highest BCUT2D eigenvalue weighted by Crippen LogP contribution is 2.56. The Balaban J connectivity index is 1.66. The Kier molecular flexibility index (Phi) is 3.25. The van der Waals surface area contributed by atoms with Gasteiger partial charge in [-0.1, -0.05) is 12.8 Å². The molecule has 3 heterocycles. The molecular formula is C19H34N4. The van der Waals surface area contributed by atoms with Gasteiger partial charge in [0, 0.05) is 18.6 Å². The van der Waals surface area contributed by atoms with Crippen molar-refractivity contribution in [3.05, 3.63) is 0 Å². The second-order valence-corrected chi connectivity index (χ2v) is 9.44. The van der Waals surface area contributed by atoms with E-state index in [1.54, 1.807) is 0 Å². The Bertz CT molecular complexity index is 496. The average molecular weight is 319 g/mol. The number of nitrogens with zero attached hydrogens (tertiary/aromatic N) is 1. The topological polar surface area (TPSA) is 39.3 Å². The van der Waals surface area contributed by atoms with Crippen LogP contribution in [-0.4, -0.2) is 35.0 Å². The second-order valence-electron chi connectivity index (χ2n) is 9.44. The molecule has 0 amide bonds. The highest BCUT2D eigenvalue weighted by Gasteiger charge is 2.65. The van der Waals surface area contributed by atoms with E-state index in [0.717, 1.165) is 30.2 Å². The first-order valence-corrected chi connectivity index (χ1v) is 10.1. The predicted molar refractivity (Wildman–Crippen MR) is 92.5 cm³/mol. The fourth-order valence-electron chi connectivity index (χ4n) is 7.22. The number of hydrazine groups is 1. The third kappa shape index (κ3) is 1.87. The lowest BCUT2D eigenvalue weighted by Gasteiger charge is -2.57. The molecule has 0 aromatic heterocycles. The summed E-state index contributed by atoms with van der Waals surface area (Å²) in [6, 6.07) is 1.07. The van der Waals surface area contributed by atoms with Crippen LogP contribution < -0.4 is 16.1 Å². The molecule has 4 bridgehead atoms. The number of piperazine rings is 1. The summed E-state index contributed by atoms with van der Waals surface area (Å²) in [5, 5.41) is 10.8. The Morgan fingerprint density at radius 2 is 1.87 bits per heavy atom. The average Bonchev–Trinajstić information content (AvgIpc) is 3.16. The van der Waals surface area contributed by atoms with Crippen LogP contribution in [0.25, 0.3) is 0 Å². The molecule has 5 fully saturated rings. The minimum atomic E-state index is 0.0890. The van der Waals surface area contributed by atoms with Crippen molar-refractivity contribution in [3.63, 3.8) is 0 Å².